The van der Waals surface area contributed by atoms with Crippen LogP contribution >= 0.6 is 0 Å². The Hall–Kier alpha value is -3.55. The lowest BCUT2D eigenvalue weighted by atomic mass is 10.1. The average molecular weight is 412 g/mol. The lowest BCUT2D eigenvalue weighted by molar-refractivity contribution is -0.153. The fourth-order valence-corrected chi connectivity index (χ4v) is 2.82. The van der Waals surface area contributed by atoms with Crippen molar-refractivity contribution in [1.29, 1.82) is 0 Å². The van der Waals surface area contributed by atoms with Crippen LogP contribution in [0.1, 0.15) is 18.9 Å². The third-order valence-electron chi connectivity index (χ3n) is 4.35. The largest absolute Gasteiger partial charge is 0.486 e. The zero-order valence-electron chi connectivity index (χ0n) is 16.7. The molecule has 2 amide bonds. The summed E-state index contributed by atoms with van der Waals surface area (Å²) in [6, 6.07) is 14.4. The van der Waals surface area contributed by atoms with E-state index >= 15 is 0 Å². The number of esters is 1. The zero-order valence-corrected chi connectivity index (χ0v) is 16.7. The molecule has 8 nitrogen and oxygen atoms in total. The predicted octanol–water partition coefficient (Wildman–Crippen LogP) is 2.08. The topological polar surface area (TPSA) is 103 Å². The summed E-state index contributed by atoms with van der Waals surface area (Å²) < 4.78 is 16.0. The lowest BCUT2D eigenvalue weighted by Crippen LogP contribution is -2.32. The molecule has 0 spiro atoms. The monoisotopic (exact) mass is 412 g/mol. The predicted molar refractivity (Wildman–Crippen MR) is 109 cm³/mol. The highest BCUT2D eigenvalue weighted by Gasteiger charge is 2.19. The molecule has 0 radical (unpaired) electrons. The van der Waals surface area contributed by atoms with Crippen LogP contribution in [0.3, 0.4) is 0 Å². The Kier molecular flexibility index (Phi) is 7.26. The molecule has 2 aromatic carbocycles. The first kappa shape index (κ1) is 21.2. The molecular weight excluding hydrogens is 388 g/mol. The number of benzene rings is 2. The highest BCUT2D eigenvalue weighted by atomic mass is 16.6. The van der Waals surface area contributed by atoms with Crippen molar-refractivity contribution >= 4 is 23.5 Å². The Balaban J connectivity index is 1.38. The molecule has 1 aliphatic heterocycles. The van der Waals surface area contributed by atoms with Crippen molar-refractivity contribution < 1.29 is 28.6 Å². The normalized spacial score (nSPS) is 13.1. The summed E-state index contributed by atoms with van der Waals surface area (Å²) in [5, 5.41) is 5.34. The minimum atomic E-state index is -0.981. The van der Waals surface area contributed by atoms with Gasteiger partial charge in [0.05, 0.1) is 12.8 Å². The van der Waals surface area contributed by atoms with Crippen molar-refractivity contribution in [1.82, 2.24) is 5.32 Å². The van der Waals surface area contributed by atoms with Gasteiger partial charge in [-0.25, -0.2) is 0 Å². The van der Waals surface area contributed by atoms with Gasteiger partial charge in [0, 0.05) is 18.3 Å². The fraction of sp³-hybridized carbons (Fsp3) is 0.318. The minimum absolute atomic E-state index is 0.0256. The van der Waals surface area contributed by atoms with Gasteiger partial charge in [-0.2, -0.15) is 0 Å². The van der Waals surface area contributed by atoms with E-state index in [4.69, 9.17) is 14.2 Å². The minimum Gasteiger partial charge on any atom is -0.486 e. The summed E-state index contributed by atoms with van der Waals surface area (Å²) in [5.74, 6) is -0.0469. The van der Waals surface area contributed by atoms with Crippen LogP contribution in [0.25, 0.3) is 0 Å². The van der Waals surface area contributed by atoms with Crippen molar-refractivity contribution in [2.75, 3.05) is 25.1 Å². The Labute approximate surface area is 174 Å². The van der Waals surface area contributed by atoms with Crippen molar-refractivity contribution in [3.8, 4) is 11.5 Å². The number of nitrogens with one attached hydrogen (secondary N) is 2. The van der Waals surface area contributed by atoms with Gasteiger partial charge in [0.15, 0.2) is 17.6 Å². The van der Waals surface area contributed by atoms with E-state index in [2.05, 4.69) is 10.6 Å². The van der Waals surface area contributed by atoms with Gasteiger partial charge in [0.2, 0.25) is 5.91 Å². The second-order valence-corrected chi connectivity index (χ2v) is 6.74. The molecule has 30 heavy (non-hydrogen) atoms. The third kappa shape index (κ3) is 6.23. The number of ether oxygens (including phenoxy) is 3. The lowest BCUT2D eigenvalue weighted by Gasteiger charge is -2.19. The smallest absolute Gasteiger partial charge is 0.308 e. The number of hydrogen-bond acceptors (Lipinski definition) is 6. The maximum absolute atomic E-state index is 12.3. The molecule has 2 aromatic rings. The Morgan fingerprint density at radius 1 is 1.03 bits per heavy atom. The molecule has 1 unspecified atom stereocenters. The van der Waals surface area contributed by atoms with Gasteiger partial charge in [-0.15, -0.1) is 0 Å². The summed E-state index contributed by atoms with van der Waals surface area (Å²) in [5.41, 5.74) is 1.40. The highest BCUT2D eigenvalue weighted by molar-refractivity contribution is 5.95. The van der Waals surface area contributed by atoms with E-state index in [9.17, 15) is 14.4 Å². The van der Waals surface area contributed by atoms with Crippen LogP contribution in [0.2, 0.25) is 0 Å². The summed E-state index contributed by atoms with van der Waals surface area (Å²) in [6.07, 6.45) is -0.766. The number of fused-ring (bicyclic) bond motifs is 1. The number of amides is 2. The van der Waals surface area contributed by atoms with Crippen LogP contribution < -0.4 is 20.1 Å². The van der Waals surface area contributed by atoms with Gasteiger partial charge in [-0.1, -0.05) is 30.3 Å². The van der Waals surface area contributed by atoms with Crippen LogP contribution in [0.4, 0.5) is 5.69 Å². The molecule has 1 atom stereocenters. The first-order chi connectivity index (χ1) is 14.5. The van der Waals surface area contributed by atoms with Gasteiger partial charge in [-0.3, -0.25) is 14.4 Å². The van der Waals surface area contributed by atoms with Crippen molar-refractivity contribution in [2.24, 2.45) is 0 Å². The third-order valence-corrected chi connectivity index (χ3v) is 4.35. The maximum atomic E-state index is 12.3. The summed E-state index contributed by atoms with van der Waals surface area (Å²) in [6.45, 7) is 2.55. The molecule has 0 saturated heterocycles. The van der Waals surface area contributed by atoms with Gasteiger partial charge in [0.1, 0.15) is 13.2 Å². The average Bonchev–Trinajstić information content (AvgIpc) is 2.74. The van der Waals surface area contributed by atoms with E-state index in [-0.39, 0.29) is 25.3 Å². The molecule has 158 valence electrons. The van der Waals surface area contributed by atoms with Gasteiger partial charge >= 0.3 is 5.97 Å². The van der Waals surface area contributed by atoms with Crippen molar-refractivity contribution in [3.05, 3.63) is 54.1 Å². The van der Waals surface area contributed by atoms with E-state index < -0.39 is 18.0 Å². The SMILES string of the molecule is CC(OC(=O)CCNC(=O)Cc1ccccc1)C(=O)Nc1ccc2c(c1)OCCO2. The number of hydrogen-bond donors (Lipinski definition) is 2. The highest BCUT2D eigenvalue weighted by Crippen LogP contribution is 2.32. The summed E-state index contributed by atoms with van der Waals surface area (Å²) in [7, 11) is 0. The molecule has 0 bridgehead atoms. The second kappa shape index (κ2) is 10.3. The van der Waals surface area contributed by atoms with E-state index in [1.54, 1.807) is 18.2 Å². The van der Waals surface area contributed by atoms with Crippen molar-refractivity contribution in [2.45, 2.75) is 25.9 Å². The Morgan fingerprint density at radius 2 is 1.77 bits per heavy atom. The van der Waals surface area contributed by atoms with Crippen LogP contribution in [-0.2, 0) is 25.5 Å². The van der Waals surface area contributed by atoms with Crippen LogP contribution in [-0.4, -0.2) is 43.6 Å². The fourth-order valence-electron chi connectivity index (χ4n) is 2.82. The molecule has 1 heterocycles. The van der Waals surface area contributed by atoms with Gasteiger partial charge in [-0.05, 0) is 24.6 Å². The molecule has 0 aliphatic carbocycles. The molecule has 3 rings (SSSR count). The number of anilines is 1. The second-order valence-electron chi connectivity index (χ2n) is 6.74. The standard InChI is InChI=1S/C22H24N2O6/c1-15(22(27)24-17-7-8-18-19(14-17)29-12-11-28-18)30-21(26)9-10-23-20(25)13-16-5-3-2-4-6-16/h2-8,14-15H,9-13H2,1H3,(H,23,25)(H,24,27). The molecule has 0 fully saturated rings. The van der Waals surface area contributed by atoms with Gasteiger partial charge in [0.25, 0.3) is 5.91 Å². The van der Waals surface area contributed by atoms with Crippen LogP contribution in [0, 0.1) is 0 Å². The molecule has 8 heteroatoms. The van der Waals surface area contributed by atoms with Gasteiger partial charge < -0.3 is 24.8 Å². The van der Waals surface area contributed by atoms with E-state index in [0.717, 1.165) is 5.56 Å². The van der Waals surface area contributed by atoms with E-state index in [1.807, 2.05) is 30.3 Å². The van der Waals surface area contributed by atoms with Crippen LogP contribution in [0.15, 0.2) is 48.5 Å². The summed E-state index contributed by atoms with van der Waals surface area (Å²) in [4.78, 5) is 36.1. The van der Waals surface area contributed by atoms with Crippen LogP contribution in [0.5, 0.6) is 11.5 Å². The Morgan fingerprint density at radius 3 is 2.53 bits per heavy atom. The first-order valence-corrected chi connectivity index (χ1v) is 9.72. The molecule has 2 N–H and O–H groups in total. The first-order valence-electron chi connectivity index (χ1n) is 9.72. The Bertz CT molecular complexity index is 900. The molecule has 1 aliphatic rings. The zero-order chi connectivity index (χ0) is 21.3. The number of carbonyl (C=O) groups excluding carboxylic acids is 3. The molecule has 0 aromatic heterocycles. The number of carbonyl (C=O) groups is 3. The maximum Gasteiger partial charge on any atom is 0.308 e. The van der Waals surface area contributed by atoms with E-state index in [1.165, 1.54) is 6.92 Å². The van der Waals surface area contributed by atoms with Crippen molar-refractivity contribution in [3.63, 3.8) is 0 Å². The van der Waals surface area contributed by atoms with E-state index in [0.29, 0.717) is 30.4 Å². The molecular formula is C22H24N2O6. The quantitative estimate of drug-likeness (QED) is 0.644. The molecule has 0 saturated carbocycles. The summed E-state index contributed by atoms with van der Waals surface area (Å²) >= 11 is 0. The number of rotatable bonds is 8.